The number of hydrogen-bond acceptors (Lipinski definition) is 5. The van der Waals surface area contributed by atoms with Crippen LogP contribution in [-0.2, 0) is 17.0 Å². The first-order valence-electron chi connectivity index (χ1n) is 14.6. The maximum absolute atomic E-state index is 15.9. The van der Waals surface area contributed by atoms with Crippen molar-refractivity contribution in [3.63, 3.8) is 0 Å². The fourth-order valence-corrected chi connectivity index (χ4v) is 9.70. The minimum Gasteiger partial charge on any atom is -0.508 e. The van der Waals surface area contributed by atoms with Gasteiger partial charge in [-0.3, -0.25) is 4.79 Å². The molecule has 0 spiro atoms. The van der Waals surface area contributed by atoms with Crippen molar-refractivity contribution in [2.45, 2.75) is 82.6 Å². The minimum atomic E-state index is -0.980. The molecule has 0 radical (unpaired) electrons. The van der Waals surface area contributed by atoms with E-state index in [1.165, 1.54) is 29.9 Å². The van der Waals surface area contributed by atoms with Crippen molar-refractivity contribution in [3.8, 4) is 5.75 Å². The van der Waals surface area contributed by atoms with Crippen LogP contribution in [0.4, 0.5) is 4.39 Å². The van der Waals surface area contributed by atoms with E-state index in [4.69, 9.17) is 0 Å². The molecule has 1 aromatic carbocycles. The van der Waals surface area contributed by atoms with Gasteiger partial charge in [-0.1, -0.05) is 31.9 Å². The number of alkyl halides is 1. The van der Waals surface area contributed by atoms with Crippen molar-refractivity contribution in [2.24, 2.45) is 23.2 Å². The largest absolute Gasteiger partial charge is 0.508 e. The molecule has 1 heterocycles. The molecule has 3 aliphatic carbocycles. The van der Waals surface area contributed by atoms with Crippen molar-refractivity contribution in [3.05, 3.63) is 51.7 Å². The van der Waals surface area contributed by atoms with E-state index in [0.717, 1.165) is 55.7 Å². The summed E-state index contributed by atoms with van der Waals surface area (Å²) in [6.07, 6.45) is 7.69. The molecule has 208 valence electrons. The fourth-order valence-electron chi connectivity index (χ4n) is 7.92. The van der Waals surface area contributed by atoms with Gasteiger partial charge in [0.25, 0.3) is 0 Å². The molecule has 3 nitrogen and oxygen atoms in total. The van der Waals surface area contributed by atoms with Crippen LogP contribution in [0.3, 0.4) is 0 Å². The number of fused-ring (bicyclic) bond motifs is 5. The maximum atomic E-state index is 15.9. The summed E-state index contributed by atoms with van der Waals surface area (Å²) in [5.41, 5.74) is 1.73. The Labute approximate surface area is 236 Å². The van der Waals surface area contributed by atoms with Crippen LogP contribution in [-0.4, -0.2) is 47.9 Å². The third-order valence-corrected chi connectivity index (χ3v) is 12.0. The molecule has 6 heteroatoms. The molecule has 0 unspecified atom stereocenters. The van der Waals surface area contributed by atoms with Crippen molar-refractivity contribution in [1.82, 2.24) is 4.90 Å². The van der Waals surface area contributed by atoms with Crippen LogP contribution in [0.1, 0.15) is 80.2 Å². The predicted molar refractivity (Wildman–Crippen MR) is 158 cm³/mol. The van der Waals surface area contributed by atoms with Gasteiger partial charge in [-0.25, -0.2) is 4.39 Å². The molecule has 1 aromatic heterocycles. The molecule has 2 saturated carbocycles. The van der Waals surface area contributed by atoms with Gasteiger partial charge in [-0.05, 0) is 117 Å². The number of rotatable bonds is 12. The minimum absolute atomic E-state index is 0.128. The summed E-state index contributed by atoms with van der Waals surface area (Å²) in [5.74, 6) is 3.70. The molecule has 0 bridgehead atoms. The van der Waals surface area contributed by atoms with Crippen molar-refractivity contribution < 1.29 is 14.3 Å². The SMILES string of the molecule is CN(CCCCC[C@@H]1Cc2cc(O)ccc2[C@@H]2[C@@H]1[C@@H]1CCC(=O)[C@@]1(C)C[C@@H]2F)CCCSCc1cccs1. The highest BCUT2D eigenvalue weighted by Gasteiger charge is 2.60. The second-order valence-electron chi connectivity index (χ2n) is 12.3. The Morgan fingerprint density at radius 2 is 2.03 bits per heavy atom. The zero-order valence-electron chi connectivity index (χ0n) is 23.0. The molecule has 6 atom stereocenters. The zero-order chi connectivity index (χ0) is 26.7. The highest BCUT2D eigenvalue weighted by atomic mass is 32.2. The van der Waals surface area contributed by atoms with E-state index < -0.39 is 11.6 Å². The van der Waals surface area contributed by atoms with E-state index in [1.54, 1.807) is 6.07 Å². The number of carbonyl (C=O) groups excluding carboxylic acids is 1. The highest BCUT2D eigenvalue weighted by Crippen LogP contribution is 2.62. The molecule has 5 rings (SSSR count). The van der Waals surface area contributed by atoms with Gasteiger partial charge >= 0.3 is 0 Å². The average molecular weight is 558 g/mol. The summed E-state index contributed by atoms with van der Waals surface area (Å²) in [6, 6.07) is 9.89. The maximum Gasteiger partial charge on any atom is 0.139 e. The van der Waals surface area contributed by atoms with Gasteiger partial charge in [-0.15, -0.1) is 11.3 Å². The summed E-state index contributed by atoms with van der Waals surface area (Å²) in [4.78, 5) is 16.8. The highest BCUT2D eigenvalue weighted by molar-refractivity contribution is 7.98. The number of carbonyl (C=O) groups is 1. The van der Waals surface area contributed by atoms with Gasteiger partial charge in [0.1, 0.15) is 17.7 Å². The Morgan fingerprint density at radius 3 is 2.84 bits per heavy atom. The molecule has 2 fully saturated rings. The van der Waals surface area contributed by atoms with Crippen LogP contribution in [0.2, 0.25) is 0 Å². The summed E-state index contributed by atoms with van der Waals surface area (Å²) in [5, 5.41) is 12.3. The van der Waals surface area contributed by atoms with E-state index in [0.29, 0.717) is 24.7 Å². The lowest BCUT2D eigenvalue weighted by atomic mass is 9.51. The average Bonchev–Trinajstić information content (AvgIpc) is 3.51. The Kier molecular flexibility index (Phi) is 9.21. The number of thiophene rings is 1. The number of ketones is 1. The lowest BCUT2D eigenvalue weighted by molar-refractivity contribution is -0.132. The number of phenols is 1. The Balaban J connectivity index is 1.12. The smallest absolute Gasteiger partial charge is 0.139 e. The van der Waals surface area contributed by atoms with Gasteiger partial charge in [0.2, 0.25) is 0 Å². The third kappa shape index (κ3) is 6.02. The Hall–Kier alpha value is -1.37. The molecule has 1 N–H and O–H groups in total. The molecule has 38 heavy (non-hydrogen) atoms. The van der Waals surface area contributed by atoms with Crippen molar-refractivity contribution in [2.75, 3.05) is 25.9 Å². The van der Waals surface area contributed by atoms with Gasteiger partial charge in [0.15, 0.2) is 0 Å². The molecule has 2 aromatic rings. The fraction of sp³-hybridized carbons (Fsp3) is 0.656. The van der Waals surface area contributed by atoms with Gasteiger partial charge in [-0.2, -0.15) is 11.8 Å². The lowest BCUT2D eigenvalue weighted by Gasteiger charge is -2.53. The van der Waals surface area contributed by atoms with E-state index in [1.807, 2.05) is 35.2 Å². The summed E-state index contributed by atoms with van der Waals surface area (Å²) in [6.45, 7) is 4.33. The molecule has 3 aliphatic rings. The second-order valence-corrected chi connectivity index (χ2v) is 14.4. The normalized spacial score (nSPS) is 30.3. The summed E-state index contributed by atoms with van der Waals surface area (Å²) < 4.78 is 15.9. The predicted octanol–water partition coefficient (Wildman–Crippen LogP) is 7.87. The van der Waals surface area contributed by atoms with Crippen LogP contribution in [0, 0.1) is 23.2 Å². The van der Waals surface area contributed by atoms with Gasteiger partial charge in [0.05, 0.1) is 0 Å². The van der Waals surface area contributed by atoms with E-state index in [2.05, 4.69) is 36.4 Å². The summed E-state index contributed by atoms with van der Waals surface area (Å²) >= 11 is 3.88. The number of Topliss-reactive ketones (excluding diaryl/α,β-unsaturated/α-hetero) is 1. The first kappa shape index (κ1) is 28.2. The van der Waals surface area contributed by atoms with E-state index >= 15 is 4.39 Å². The Morgan fingerprint density at radius 1 is 1.18 bits per heavy atom. The number of benzene rings is 1. The molecular formula is C32H44FNO2S2. The van der Waals surface area contributed by atoms with Crippen LogP contribution in [0.25, 0.3) is 0 Å². The number of phenolic OH excluding ortho intramolecular Hbond substituents is 1. The molecule has 0 aliphatic heterocycles. The quantitative estimate of drug-likeness (QED) is 0.270. The van der Waals surface area contributed by atoms with Gasteiger partial charge in [0, 0.05) is 28.4 Å². The number of halogens is 1. The monoisotopic (exact) mass is 557 g/mol. The Bertz CT molecular complexity index is 1080. The third-order valence-electron chi connectivity index (χ3n) is 9.81. The first-order valence-corrected chi connectivity index (χ1v) is 16.7. The summed E-state index contributed by atoms with van der Waals surface area (Å²) in [7, 11) is 2.24. The number of aromatic hydroxyl groups is 1. The molecule has 0 amide bonds. The standard InChI is InChI=1S/C32H44FNO2S2/c1-32-20-28(33)31-26-11-10-24(35)19-23(26)18-22(30(31)27(32)12-13-29(32)36)8-4-3-5-14-34(2)15-7-16-37-21-25-9-6-17-38-25/h6,9-11,17,19,22,27-28,30-31,35H,3-5,7-8,12-16,18,20-21H2,1-2H3/t22-,27+,28+,30+,31+,32+/m1/s1. The number of unbranched alkanes of at least 4 members (excludes halogenated alkanes) is 2. The molecular weight excluding hydrogens is 513 g/mol. The topological polar surface area (TPSA) is 40.5 Å². The lowest BCUT2D eigenvalue weighted by Crippen LogP contribution is -2.50. The van der Waals surface area contributed by atoms with Crippen molar-refractivity contribution >= 4 is 28.9 Å². The van der Waals surface area contributed by atoms with Crippen LogP contribution < -0.4 is 0 Å². The molecule has 0 saturated heterocycles. The number of hydrogen-bond donors (Lipinski definition) is 1. The van der Waals surface area contributed by atoms with Crippen LogP contribution in [0.5, 0.6) is 5.75 Å². The van der Waals surface area contributed by atoms with Crippen LogP contribution in [0.15, 0.2) is 35.7 Å². The van der Waals surface area contributed by atoms with Gasteiger partial charge < -0.3 is 10.0 Å². The second kappa shape index (κ2) is 12.4. The van der Waals surface area contributed by atoms with E-state index in [-0.39, 0.29) is 23.4 Å². The van der Waals surface area contributed by atoms with Crippen LogP contribution >= 0.6 is 23.1 Å². The van der Waals surface area contributed by atoms with Crippen molar-refractivity contribution in [1.29, 1.82) is 0 Å². The number of nitrogens with zero attached hydrogens (tertiary/aromatic N) is 1. The van der Waals surface area contributed by atoms with E-state index in [9.17, 15) is 9.90 Å². The number of thioether (sulfide) groups is 1. The zero-order valence-corrected chi connectivity index (χ0v) is 24.7. The first-order chi connectivity index (χ1) is 18.4.